The zero-order valence-corrected chi connectivity index (χ0v) is 16.8. The van der Waals surface area contributed by atoms with E-state index in [2.05, 4.69) is 35.0 Å². The van der Waals surface area contributed by atoms with E-state index in [1.54, 1.807) is 0 Å². The maximum Gasteiger partial charge on any atom is 0.319 e. The molecular formula is C24H27N3O2. The van der Waals surface area contributed by atoms with Crippen molar-refractivity contribution in [3.8, 4) is 5.75 Å². The third-order valence-electron chi connectivity index (χ3n) is 4.47. The fraction of sp³-hybridized carbons (Fsp3) is 0.208. The van der Waals surface area contributed by atoms with Crippen LogP contribution in [0.2, 0.25) is 0 Å². The summed E-state index contributed by atoms with van der Waals surface area (Å²) >= 11 is 0. The van der Waals surface area contributed by atoms with Crippen LogP contribution in [0.5, 0.6) is 5.75 Å². The van der Waals surface area contributed by atoms with Crippen molar-refractivity contribution in [3.63, 3.8) is 0 Å². The molecule has 5 nitrogen and oxygen atoms in total. The number of carbonyl (C=O) groups excluding carboxylic acids is 1. The molecule has 0 aliphatic carbocycles. The lowest BCUT2D eigenvalue weighted by Crippen LogP contribution is -2.32. The number of hydrogen-bond donors (Lipinski definition) is 3. The van der Waals surface area contributed by atoms with Gasteiger partial charge in [0.2, 0.25) is 0 Å². The molecule has 0 radical (unpaired) electrons. The molecule has 0 bridgehead atoms. The number of urea groups is 1. The number of ether oxygens (including phenoxy) is 1. The van der Waals surface area contributed by atoms with Crippen LogP contribution < -0.4 is 20.7 Å². The molecule has 0 aliphatic heterocycles. The van der Waals surface area contributed by atoms with Crippen LogP contribution >= 0.6 is 0 Å². The molecule has 5 heteroatoms. The van der Waals surface area contributed by atoms with E-state index in [1.165, 1.54) is 5.56 Å². The topological polar surface area (TPSA) is 62.4 Å². The largest absolute Gasteiger partial charge is 0.492 e. The molecule has 0 aromatic heterocycles. The lowest BCUT2D eigenvalue weighted by Gasteiger charge is -2.16. The normalized spacial score (nSPS) is 11.4. The second-order valence-corrected chi connectivity index (χ2v) is 6.90. The summed E-state index contributed by atoms with van der Waals surface area (Å²) in [6.07, 6.45) is 0. The Morgan fingerprint density at radius 3 is 2.38 bits per heavy atom. The quantitative estimate of drug-likeness (QED) is 0.454. The zero-order chi connectivity index (χ0) is 20.5. The Labute approximate surface area is 172 Å². The number of benzene rings is 3. The van der Waals surface area contributed by atoms with E-state index in [0.717, 1.165) is 22.7 Å². The van der Waals surface area contributed by atoms with Gasteiger partial charge in [-0.25, -0.2) is 4.79 Å². The van der Waals surface area contributed by atoms with Crippen molar-refractivity contribution in [2.45, 2.75) is 19.9 Å². The summed E-state index contributed by atoms with van der Waals surface area (Å²) in [5, 5.41) is 9.08. The third kappa shape index (κ3) is 6.57. The summed E-state index contributed by atoms with van der Waals surface area (Å²) in [5.41, 5.74) is 4.10. The van der Waals surface area contributed by atoms with Crippen molar-refractivity contribution in [1.29, 1.82) is 0 Å². The van der Waals surface area contributed by atoms with E-state index in [0.29, 0.717) is 13.2 Å². The standard InChI is InChI=1S/C24H27N3O2/c1-18-7-6-10-23(17-18)29-16-15-25-24(28)27-22-13-11-21(12-14-22)26-19(2)20-8-4-3-5-9-20/h3-14,17,19,26H,15-16H2,1-2H3,(H2,25,27,28)/t19-/m1/s1. The number of hydrogen-bond acceptors (Lipinski definition) is 3. The first-order valence-electron chi connectivity index (χ1n) is 9.76. The first kappa shape index (κ1) is 20.3. The highest BCUT2D eigenvalue weighted by Gasteiger charge is 2.05. The van der Waals surface area contributed by atoms with Gasteiger partial charge in [-0.15, -0.1) is 0 Å². The summed E-state index contributed by atoms with van der Waals surface area (Å²) in [4.78, 5) is 12.0. The number of rotatable bonds is 8. The molecule has 3 aromatic carbocycles. The third-order valence-corrected chi connectivity index (χ3v) is 4.47. The average Bonchev–Trinajstić information content (AvgIpc) is 2.73. The minimum atomic E-state index is -0.254. The smallest absolute Gasteiger partial charge is 0.319 e. The molecule has 1 atom stereocenters. The maximum absolute atomic E-state index is 12.0. The predicted molar refractivity (Wildman–Crippen MR) is 119 cm³/mol. The van der Waals surface area contributed by atoms with Gasteiger partial charge in [0.15, 0.2) is 0 Å². The van der Waals surface area contributed by atoms with Crippen LogP contribution in [0.15, 0.2) is 78.9 Å². The summed E-state index contributed by atoms with van der Waals surface area (Å²) in [6.45, 7) is 4.97. The average molecular weight is 389 g/mol. The molecule has 150 valence electrons. The Balaban J connectivity index is 1.40. The Morgan fingerprint density at radius 2 is 1.66 bits per heavy atom. The van der Waals surface area contributed by atoms with Gasteiger partial charge < -0.3 is 20.7 Å². The molecule has 2 amide bonds. The Kier molecular flexibility index (Phi) is 7.11. The van der Waals surface area contributed by atoms with Crippen molar-refractivity contribution in [2.75, 3.05) is 23.8 Å². The number of nitrogens with one attached hydrogen (secondary N) is 3. The van der Waals surface area contributed by atoms with Crippen LogP contribution in [0.4, 0.5) is 16.2 Å². The molecule has 0 saturated carbocycles. The van der Waals surface area contributed by atoms with Crippen LogP contribution in [-0.2, 0) is 0 Å². The van der Waals surface area contributed by atoms with Crippen LogP contribution in [0.3, 0.4) is 0 Å². The first-order valence-corrected chi connectivity index (χ1v) is 9.76. The highest BCUT2D eigenvalue weighted by molar-refractivity contribution is 5.89. The lowest BCUT2D eigenvalue weighted by atomic mass is 10.1. The predicted octanol–water partition coefficient (Wildman–Crippen LogP) is 5.37. The number of anilines is 2. The molecular weight excluding hydrogens is 362 g/mol. The fourth-order valence-corrected chi connectivity index (χ4v) is 2.94. The Bertz CT molecular complexity index is 911. The van der Waals surface area contributed by atoms with Gasteiger partial charge in [-0.05, 0) is 61.4 Å². The summed E-state index contributed by atoms with van der Waals surface area (Å²) in [6, 6.07) is 25.7. The Hall–Kier alpha value is -3.47. The van der Waals surface area contributed by atoms with Gasteiger partial charge in [0, 0.05) is 17.4 Å². The van der Waals surface area contributed by atoms with Crippen molar-refractivity contribution in [2.24, 2.45) is 0 Å². The van der Waals surface area contributed by atoms with Crippen molar-refractivity contribution in [3.05, 3.63) is 90.0 Å². The van der Waals surface area contributed by atoms with Gasteiger partial charge in [0.25, 0.3) is 0 Å². The number of aryl methyl sites for hydroxylation is 1. The highest BCUT2D eigenvalue weighted by atomic mass is 16.5. The van der Waals surface area contributed by atoms with Crippen LogP contribution in [-0.4, -0.2) is 19.2 Å². The second kappa shape index (κ2) is 10.2. The molecule has 3 aromatic rings. The van der Waals surface area contributed by atoms with Crippen LogP contribution in [0.25, 0.3) is 0 Å². The second-order valence-electron chi connectivity index (χ2n) is 6.90. The van der Waals surface area contributed by atoms with Gasteiger partial charge >= 0.3 is 6.03 Å². The van der Waals surface area contributed by atoms with Crippen LogP contribution in [0.1, 0.15) is 24.1 Å². The first-order chi connectivity index (χ1) is 14.1. The molecule has 0 fully saturated rings. The number of amides is 2. The van der Waals surface area contributed by atoms with E-state index in [-0.39, 0.29) is 12.1 Å². The van der Waals surface area contributed by atoms with Gasteiger partial charge in [-0.1, -0.05) is 42.5 Å². The van der Waals surface area contributed by atoms with Gasteiger partial charge in [-0.3, -0.25) is 0 Å². The minimum Gasteiger partial charge on any atom is -0.492 e. The molecule has 0 aliphatic rings. The number of carbonyl (C=O) groups is 1. The molecule has 29 heavy (non-hydrogen) atoms. The molecule has 0 saturated heterocycles. The summed E-state index contributed by atoms with van der Waals surface area (Å²) in [7, 11) is 0. The molecule has 0 heterocycles. The maximum atomic E-state index is 12.0. The molecule has 3 rings (SSSR count). The lowest BCUT2D eigenvalue weighted by molar-refractivity contribution is 0.247. The molecule has 0 spiro atoms. The monoisotopic (exact) mass is 389 g/mol. The van der Waals surface area contributed by atoms with Crippen molar-refractivity contribution >= 4 is 17.4 Å². The van der Waals surface area contributed by atoms with E-state index in [4.69, 9.17) is 4.74 Å². The fourth-order valence-electron chi connectivity index (χ4n) is 2.94. The minimum absolute atomic E-state index is 0.201. The molecule has 0 unspecified atom stereocenters. The zero-order valence-electron chi connectivity index (χ0n) is 16.8. The van der Waals surface area contributed by atoms with Gasteiger partial charge in [0.05, 0.1) is 6.54 Å². The molecule has 3 N–H and O–H groups in total. The van der Waals surface area contributed by atoms with E-state index in [9.17, 15) is 4.79 Å². The van der Waals surface area contributed by atoms with Gasteiger partial charge in [0.1, 0.15) is 12.4 Å². The van der Waals surface area contributed by atoms with Crippen molar-refractivity contribution in [1.82, 2.24) is 5.32 Å². The van der Waals surface area contributed by atoms with Gasteiger partial charge in [-0.2, -0.15) is 0 Å². The van der Waals surface area contributed by atoms with E-state index in [1.807, 2.05) is 73.7 Å². The SMILES string of the molecule is Cc1cccc(OCCNC(=O)Nc2ccc(N[C@H](C)c3ccccc3)cc2)c1. The van der Waals surface area contributed by atoms with Crippen LogP contribution in [0, 0.1) is 6.92 Å². The van der Waals surface area contributed by atoms with Crippen molar-refractivity contribution < 1.29 is 9.53 Å². The Morgan fingerprint density at radius 1 is 0.931 bits per heavy atom. The highest BCUT2D eigenvalue weighted by Crippen LogP contribution is 2.20. The summed E-state index contributed by atoms with van der Waals surface area (Å²) in [5.74, 6) is 0.806. The van der Waals surface area contributed by atoms with E-state index < -0.39 is 0 Å². The summed E-state index contributed by atoms with van der Waals surface area (Å²) < 4.78 is 5.63. The van der Waals surface area contributed by atoms with E-state index >= 15 is 0 Å².